The fraction of sp³-hybridized carbons (Fsp3) is 0.818. The number of aromatic nitrogens is 4. The van der Waals surface area contributed by atoms with E-state index >= 15 is 0 Å². The van der Waals surface area contributed by atoms with Crippen LogP contribution in [0.25, 0.3) is 0 Å². The van der Waals surface area contributed by atoms with Crippen molar-refractivity contribution in [1.29, 1.82) is 0 Å². The minimum absolute atomic E-state index is 0.114. The third kappa shape index (κ3) is 3.01. The van der Waals surface area contributed by atoms with Gasteiger partial charge in [0.1, 0.15) is 0 Å². The minimum atomic E-state index is 0.114. The predicted octanol–water partition coefficient (Wildman–Crippen LogP) is 1.36. The molecule has 0 N–H and O–H groups in total. The Hall–Kier alpha value is -1.11. The van der Waals surface area contributed by atoms with Crippen molar-refractivity contribution in [3.8, 4) is 0 Å². The standard InChI is InChI=1S/C11H19N5OS/c1-3-15(2)10(17)8-18-11-12-13-14-16(11)9-6-4-5-7-9/h9H,3-8H2,1-2H3. The van der Waals surface area contributed by atoms with Crippen molar-refractivity contribution in [2.75, 3.05) is 19.3 Å². The van der Waals surface area contributed by atoms with Gasteiger partial charge in [0, 0.05) is 13.6 Å². The molecule has 0 aliphatic heterocycles. The van der Waals surface area contributed by atoms with Crippen LogP contribution in [0.1, 0.15) is 38.6 Å². The number of rotatable bonds is 5. The van der Waals surface area contributed by atoms with Gasteiger partial charge in [-0.15, -0.1) is 5.10 Å². The largest absolute Gasteiger partial charge is 0.345 e. The molecule has 0 bridgehead atoms. The van der Waals surface area contributed by atoms with E-state index in [4.69, 9.17) is 0 Å². The van der Waals surface area contributed by atoms with Crippen LogP contribution >= 0.6 is 11.8 Å². The van der Waals surface area contributed by atoms with Gasteiger partial charge in [-0.25, -0.2) is 4.68 Å². The Morgan fingerprint density at radius 2 is 2.22 bits per heavy atom. The fourth-order valence-electron chi connectivity index (χ4n) is 2.07. The zero-order valence-corrected chi connectivity index (χ0v) is 11.7. The average molecular weight is 269 g/mol. The number of thioether (sulfide) groups is 1. The maximum Gasteiger partial charge on any atom is 0.232 e. The second-order valence-corrected chi connectivity index (χ2v) is 5.48. The van der Waals surface area contributed by atoms with Crippen LogP contribution in [-0.4, -0.2) is 50.4 Å². The second kappa shape index (κ2) is 6.17. The lowest BCUT2D eigenvalue weighted by molar-refractivity contribution is -0.126. The average Bonchev–Trinajstić information content (AvgIpc) is 3.04. The number of nitrogens with zero attached hydrogens (tertiary/aromatic N) is 5. The summed E-state index contributed by atoms with van der Waals surface area (Å²) in [5.41, 5.74) is 0. The molecule has 6 nitrogen and oxygen atoms in total. The molecule has 2 rings (SSSR count). The summed E-state index contributed by atoms with van der Waals surface area (Å²) in [4.78, 5) is 13.4. The van der Waals surface area contributed by atoms with E-state index in [9.17, 15) is 4.79 Å². The van der Waals surface area contributed by atoms with E-state index in [-0.39, 0.29) is 5.91 Å². The van der Waals surface area contributed by atoms with Gasteiger partial charge >= 0.3 is 0 Å². The lowest BCUT2D eigenvalue weighted by Gasteiger charge is -2.14. The van der Waals surface area contributed by atoms with Crippen molar-refractivity contribution >= 4 is 17.7 Å². The van der Waals surface area contributed by atoms with Crippen molar-refractivity contribution in [3.05, 3.63) is 0 Å². The van der Waals surface area contributed by atoms with Crippen LogP contribution in [0, 0.1) is 0 Å². The molecule has 0 spiro atoms. The van der Waals surface area contributed by atoms with Crippen LogP contribution in [0.5, 0.6) is 0 Å². The lowest BCUT2D eigenvalue weighted by atomic mass is 10.3. The first-order valence-electron chi connectivity index (χ1n) is 6.37. The van der Waals surface area contributed by atoms with E-state index < -0.39 is 0 Å². The summed E-state index contributed by atoms with van der Waals surface area (Å²) in [5, 5.41) is 12.6. The summed E-state index contributed by atoms with van der Waals surface area (Å²) in [6.07, 6.45) is 4.76. The molecule has 1 aromatic rings. The molecule has 1 aliphatic rings. The Morgan fingerprint density at radius 3 is 2.89 bits per heavy atom. The molecule has 1 aliphatic carbocycles. The van der Waals surface area contributed by atoms with Crippen LogP contribution in [0.2, 0.25) is 0 Å². The van der Waals surface area contributed by atoms with E-state index in [1.165, 1.54) is 24.6 Å². The first-order chi connectivity index (χ1) is 8.72. The molecular weight excluding hydrogens is 250 g/mol. The normalized spacial score (nSPS) is 16.1. The molecule has 0 radical (unpaired) electrons. The molecule has 1 aromatic heterocycles. The summed E-state index contributed by atoms with van der Waals surface area (Å²) < 4.78 is 1.89. The zero-order chi connectivity index (χ0) is 13.0. The maximum atomic E-state index is 11.7. The number of tetrazole rings is 1. The van der Waals surface area contributed by atoms with Crippen LogP contribution in [-0.2, 0) is 4.79 Å². The van der Waals surface area contributed by atoms with E-state index in [2.05, 4.69) is 15.5 Å². The highest BCUT2D eigenvalue weighted by Gasteiger charge is 2.22. The smallest absolute Gasteiger partial charge is 0.232 e. The van der Waals surface area contributed by atoms with E-state index in [0.29, 0.717) is 11.8 Å². The van der Waals surface area contributed by atoms with Gasteiger partial charge in [-0.05, 0) is 30.2 Å². The first-order valence-corrected chi connectivity index (χ1v) is 7.35. The lowest BCUT2D eigenvalue weighted by Crippen LogP contribution is -2.28. The predicted molar refractivity (Wildman–Crippen MR) is 69.4 cm³/mol. The molecule has 7 heteroatoms. The Balaban J connectivity index is 1.93. The molecule has 0 unspecified atom stereocenters. The fourth-order valence-corrected chi connectivity index (χ4v) is 2.96. The second-order valence-electron chi connectivity index (χ2n) is 4.54. The summed E-state index contributed by atoms with van der Waals surface area (Å²) in [5.74, 6) is 0.515. The highest BCUT2D eigenvalue weighted by Crippen LogP contribution is 2.31. The van der Waals surface area contributed by atoms with Crippen molar-refractivity contribution in [2.24, 2.45) is 0 Å². The van der Waals surface area contributed by atoms with Gasteiger partial charge in [0.2, 0.25) is 11.1 Å². The summed E-state index contributed by atoms with van der Waals surface area (Å²) >= 11 is 1.43. The zero-order valence-electron chi connectivity index (χ0n) is 10.9. The quantitative estimate of drug-likeness (QED) is 0.755. The highest BCUT2D eigenvalue weighted by molar-refractivity contribution is 7.99. The Bertz CT molecular complexity index is 402. The molecule has 18 heavy (non-hydrogen) atoms. The van der Waals surface area contributed by atoms with Gasteiger partial charge in [-0.3, -0.25) is 4.79 Å². The van der Waals surface area contributed by atoms with Crippen molar-refractivity contribution in [3.63, 3.8) is 0 Å². The minimum Gasteiger partial charge on any atom is -0.345 e. The highest BCUT2D eigenvalue weighted by atomic mass is 32.2. The van der Waals surface area contributed by atoms with E-state index in [1.807, 2.05) is 18.7 Å². The number of carbonyl (C=O) groups excluding carboxylic acids is 1. The molecule has 0 atom stereocenters. The summed E-state index contributed by atoms with van der Waals surface area (Å²) in [6, 6.07) is 0.418. The Kier molecular flexibility index (Phi) is 4.57. The van der Waals surface area contributed by atoms with Gasteiger partial charge in [-0.1, -0.05) is 24.6 Å². The summed E-state index contributed by atoms with van der Waals surface area (Å²) in [7, 11) is 1.81. The summed E-state index contributed by atoms with van der Waals surface area (Å²) in [6.45, 7) is 2.69. The molecule has 1 amide bonds. The third-order valence-electron chi connectivity index (χ3n) is 3.36. The topological polar surface area (TPSA) is 63.9 Å². The van der Waals surface area contributed by atoms with Gasteiger partial charge in [-0.2, -0.15) is 0 Å². The molecular formula is C11H19N5OS. The van der Waals surface area contributed by atoms with Crippen molar-refractivity contribution < 1.29 is 4.79 Å². The van der Waals surface area contributed by atoms with Crippen molar-refractivity contribution in [1.82, 2.24) is 25.1 Å². The SMILES string of the molecule is CCN(C)C(=O)CSc1nnnn1C1CCCC1. The first kappa shape index (κ1) is 13.3. The van der Waals surface area contributed by atoms with Gasteiger partial charge in [0.05, 0.1) is 11.8 Å². The van der Waals surface area contributed by atoms with Crippen LogP contribution in [0.3, 0.4) is 0 Å². The molecule has 1 fully saturated rings. The Morgan fingerprint density at radius 1 is 1.50 bits per heavy atom. The van der Waals surface area contributed by atoms with E-state index in [0.717, 1.165) is 24.5 Å². The third-order valence-corrected chi connectivity index (χ3v) is 4.28. The van der Waals surface area contributed by atoms with E-state index in [1.54, 1.807) is 4.90 Å². The van der Waals surface area contributed by atoms with Gasteiger partial charge in [0.15, 0.2) is 0 Å². The molecule has 100 valence electrons. The molecule has 0 aromatic carbocycles. The van der Waals surface area contributed by atoms with Gasteiger partial charge < -0.3 is 4.90 Å². The number of amides is 1. The number of hydrogen-bond donors (Lipinski definition) is 0. The maximum absolute atomic E-state index is 11.7. The monoisotopic (exact) mass is 269 g/mol. The number of carbonyl (C=O) groups is 1. The molecule has 1 saturated carbocycles. The van der Waals surface area contributed by atoms with Crippen LogP contribution in [0.15, 0.2) is 5.16 Å². The van der Waals surface area contributed by atoms with Gasteiger partial charge in [0.25, 0.3) is 0 Å². The van der Waals surface area contributed by atoms with Crippen LogP contribution < -0.4 is 0 Å². The molecule has 0 saturated heterocycles. The van der Waals surface area contributed by atoms with Crippen molar-refractivity contribution in [2.45, 2.75) is 43.8 Å². The Labute approximate surface area is 111 Å². The number of hydrogen-bond acceptors (Lipinski definition) is 5. The van der Waals surface area contributed by atoms with Crippen LogP contribution in [0.4, 0.5) is 0 Å². The molecule has 1 heterocycles.